The van der Waals surface area contributed by atoms with E-state index < -0.39 is 35.6 Å². The molecular formula is C12H14O6. The molecule has 0 aromatic carbocycles. The van der Waals surface area contributed by atoms with Crippen molar-refractivity contribution in [2.75, 3.05) is 14.2 Å². The zero-order valence-electron chi connectivity index (χ0n) is 10.2. The first kappa shape index (κ1) is 12.7. The molecule has 0 amide bonds. The van der Waals surface area contributed by atoms with Crippen LogP contribution in [0.25, 0.3) is 0 Å². The molecule has 0 radical (unpaired) electrons. The third-order valence-corrected chi connectivity index (χ3v) is 3.85. The largest absolute Gasteiger partial charge is 0.468 e. The van der Waals surface area contributed by atoms with E-state index in [1.807, 2.05) is 0 Å². The number of fused-ring (bicyclic) bond motifs is 3. The lowest BCUT2D eigenvalue weighted by Gasteiger charge is -2.41. The van der Waals surface area contributed by atoms with Crippen LogP contribution in [0.1, 0.15) is 12.8 Å². The first-order valence-electron chi connectivity index (χ1n) is 5.76. The molecule has 3 fully saturated rings. The van der Waals surface area contributed by atoms with Gasteiger partial charge in [0.15, 0.2) is 11.6 Å². The van der Waals surface area contributed by atoms with Gasteiger partial charge in [-0.1, -0.05) is 0 Å². The average molecular weight is 254 g/mol. The molecule has 3 saturated carbocycles. The minimum Gasteiger partial charge on any atom is -0.468 e. The minimum atomic E-state index is -1.04. The Balaban J connectivity index is 2.33. The molecule has 0 heterocycles. The highest BCUT2D eigenvalue weighted by Crippen LogP contribution is 2.44. The van der Waals surface area contributed by atoms with Gasteiger partial charge in [0.25, 0.3) is 0 Å². The van der Waals surface area contributed by atoms with Crippen molar-refractivity contribution in [2.45, 2.75) is 12.8 Å². The summed E-state index contributed by atoms with van der Waals surface area (Å²) in [6.45, 7) is 0. The van der Waals surface area contributed by atoms with Crippen LogP contribution >= 0.6 is 0 Å². The maximum absolute atomic E-state index is 12.1. The number of carbonyl (C=O) groups is 4. The van der Waals surface area contributed by atoms with Crippen LogP contribution in [-0.2, 0) is 28.7 Å². The molecule has 3 aliphatic carbocycles. The minimum absolute atomic E-state index is 0.367. The van der Waals surface area contributed by atoms with E-state index >= 15 is 0 Å². The van der Waals surface area contributed by atoms with Gasteiger partial charge >= 0.3 is 11.9 Å². The number of esters is 2. The van der Waals surface area contributed by atoms with Crippen LogP contribution in [0.15, 0.2) is 0 Å². The number of methoxy groups -OCH3 is 2. The quantitative estimate of drug-likeness (QED) is 0.498. The SMILES string of the molecule is COC(=O)[C@@H]1C(=O)[C@@H]2CC[C@H]1C(=O)[C@H]2C(=O)OC. The van der Waals surface area contributed by atoms with E-state index in [-0.39, 0.29) is 11.6 Å². The Morgan fingerprint density at radius 3 is 1.50 bits per heavy atom. The highest BCUT2D eigenvalue weighted by molar-refractivity contribution is 6.15. The molecule has 0 N–H and O–H groups in total. The first-order chi connectivity index (χ1) is 8.52. The normalized spacial score (nSPS) is 34.3. The Hall–Kier alpha value is -1.72. The van der Waals surface area contributed by atoms with Crippen LogP contribution in [0.5, 0.6) is 0 Å². The molecular weight excluding hydrogens is 240 g/mol. The fraction of sp³-hybridized carbons (Fsp3) is 0.667. The van der Waals surface area contributed by atoms with Gasteiger partial charge < -0.3 is 9.47 Å². The van der Waals surface area contributed by atoms with Gasteiger partial charge in [-0.05, 0) is 12.8 Å². The lowest BCUT2D eigenvalue weighted by Crippen LogP contribution is -2.56. The zero-order valence-corrected chi connectivity index (χ0v) is 10.2. The van der Waals surface area contributed by atoms with E-state index in [4.69, 9.17) is 0 Å². The molecule has 2 bridgehead atoms. The highest BCUT2D eigenvalue weighted by Gasteiger charge is 2.58. The smallest absolute Gasteiger partial charge is 0.316 e. The summed E-state index contributed by atoms with van der Waals surface area (Å²) in [6, 6.07) is 0. The van der Waals surface area contributed by atoms with Gasteiger partial charge in [-0.2, -0.15) is 0 Å². The van der Waals surface area contributed by atoms with Crippen molar-refractivity contribution in [3.63, 3.8) is 0 Å². The number of hydrogen-bond donors (Lipinski definition) is 0. The predicted molar refractivity (Wildman–Crippen MR) is 57.2 cm³/mol. The first-order valence-corrected chi connectivity index (χ1v) is 5.76. The van der Waals surface area contributed by atoms with Gasteiger partial charge in [-0.3, -0.25) is 19.2 Å². The van der Waals surface area contributed by atoms with Gasteiger partial charge in [0.05, 0.1) is 14.2 Å². The maximum atomic E-state index is 12.1. The lowest BCUT2D eigenvalue weighted by molar-refractivity contribution is -0.172. The highest BCUT2D eigenvalue weighted by atomic mass is 16.5. The van der Waals surface area contributed by atoms with Gasteiger partial charge in [0.2, 0.25) is 0 Å². The monoisotopic (exact) mass is 254 g/mol. The van der Waals surface area contributed by atoms with E-state index in [1.165, 1.54) is 14.2 Å². The van der Waals surface area contributed by atoms with Crippen molar-refractivity contribution in [1.29, 1.82) is 0 Å². The fourth-order valence-corrected chi connectivity index (χ4v) is 2.98. The van der Waals surface area contributed by atoms with Crippen molar-refractivity contribution < 1.29 is 28.7 Å². The second-order valence-corrected chi connectivity index (χ2v) is 4.60. The van der Waals surface area contributed by atoms with Crippen LogP contribution < -0.4 is 0 Å². The molecule has 98 valence electrons. The Morgan fingerprint density at radius 1 is 0.889 bits per heavy atom. The van der Waals surface area contributed by atoms with E-state index in [2.05, 4.69) is 9.47 Å². The summed E-state index contributed by atoms with van der Waals surface area (Å²) in [5, 5.41) is 0. The van der Waals surface area contributed by atoms with Crippen molar-refractivity contribution >= 4 is 23.5 Å². The molecule has 6 heteroatoms. The summed E-state index contributed by atoms with van der Waals surface area (Å²) in [4.78, 5) is 47.3. The van der Waals surface area contributed by atoms with Crippen molar-refractivity contribution in [1.82, 2.24) is 0 Å². The summed E-state index contributed by atoms with van der Waals surface area (Å²) >= 11 is 0. The fourth-order valence-electron chi connectivity index (χ4n) is 2.98. The molecule has 0 aromatic rings. The molecule has 0 unspecified atom stereocenters. The number of ketones is 2. The number of rotatable bonds is 2. The van der Waals surface area contributed by atoms with Crippen molar-refractivity contribution in [2.24, 2.45) is 23.7 Å². The Kier molecular flexibility index (Phi) is 3.19. The molecule has 18 heavy (non-hydrogen) atoms. The van der Waals surface area contributed by atoms with E-state index in [9.17, 15) is 19.2 Å². The molecule has 4 atom stereocenters. The standard InChI is InChI=1S/C12H14O6/c1-17-11(15)7-5-3-4-6(9(7)13)8(10(5)14)12(16)18-2/h5-8H,3-4H2,1-2H3/t5-,6-,7+,8+/m1/s1. The third kappa shape index (κ3) is 1.63. The second-order valence-electron chi connectivity index (χ2n) is 4.60. The molecule has 0 aliphatic heterocycles. The zero-order chi connectivity index (χ0) is 13.4. The van der Waals surface area contributed by atoms with Gasteiger partial charge in [0.1, 0.15) is 11.8 Å². The molecule has 0 spiro atoms. The Bertz CT molecular complexity index is 386. The molecule has 3 rings (SSSR count). The van der Waals surface area contributed by atoms with Gasteiger partial charge in [-0.25, -0.2) is 0 Å². The number of ether oxygens (including phenoxy) is 2. The summed E-state index contributed by atoms with van der Waals surface area (Å²) in [5.74, 6) is -5.67. The summed E-state index contributed by atoms with van der Waals surface area (Å²) in [6.07, 6.45) is 0.894. The summed E-state index contributed by atoms with van der Waals surface area (Å²) < 4.78 is 9.11. The van der Waals surface area contributed by atoms with Crippen molar-refractivity contribution in [3.05, 3.63) is 0 Å². The van der Waals surface area contributed by atoms with Gasteiger partial charge in [-0.15, -0.1) is 0 Å². The molecule has 0 saturated heterocycles. The molecule has 0 aromatic heterocycles. The molecule has 6 nitrogen and oxygen atoms in total. The topological polar surface area (TPSA) is 86.7 Å². The van der Waals surface area contributed by atoms with Crippen LogP contribution in [0, 0.1) is 23.7 Å². The average Bonchev–Trinajstić information content (AvgIpc) is 2.38. The third-order valence-electron chi connectivity index (χ3n) is 3.85. The van der Waals surface area contributed by atoms with E-state index in [0.717, 1.165) is 0 Å². The number of carbonyl (C=O) groups excluding carboxylic acids is 4. The maximum Gasteiger partial charge on any atom is 0.316 e. The van der Waals surface area contributed by atoms with Crippen LogP contribution in [0.4, 0.5) is 0 Å². The Labute approximate surface area is 104 Å². The number of hydrogen-bond acceptors (Lipinski definition) is 6. The molecule has 3 aliphatic rings. The summed E-state index contributed by atoms with van der Waals surface area (Å²) in [7, 11) is 2.36. The van der Waals surface area contributed by atoms with Gasteiger partial charge in [0, 0.05) is 11.8 Å². The van der Waals surface area contributed by atoms with Crippen LogP contribution in [-0.4, -0.2) is 37.7 Å². The lowest BCUT2D eigenvalue weighted by atomic mass is 9.58. The van der Waals surface area contributed by atoms with E-state index in [0.29, 0.717) is 12.8 Å². The van der Waals surface area contributed by atoms with Crippen LogP contribution in [0.3, 0.4) is 0 Å². The number of Topliss-reactive ketones (excluding diaryl/α,β-unsaturated/α-hetero) is 2. The van der Waals surface area contributed by atoms with Crippen LogP contribution in [0.2, 0.25) is 0 Å². The second kappa shape index (κ2) is 4.51. The van der Waals surface area contributed by atoms with E-state index in [1.54, 1.807) is 0 Å². The Morgan fingerprint density at radius 2 is 1.22 bits per heavy atom. The predicted octanol–water partition coefficient (Wildman–Crippen LogP) is -0.257. The summed E-state index contributed by atoms with van der Waals surface area (Å²) in [5.41, 5.74) is 0. The van der Waals surface area contributed by atoms with Crippen molar-refractivity contribution in [3.8, 4) is 0 Å².